The number of carbonyl (C=O) groups is 2. The minimum absolute atomic E-state index is 0.0211. The third-order valence-electron chi connectivity index (χ3n) is 2.66. The molecule has 0 saturated carbocycles. The molecule has 0 radical (unpaired) electrons. The van der Waals surface area contributed by atoms with E-state index in [0.717, 1.165) is 10.6 Å². The van der Waals surface area contributed by atoms with Crippen molar-refractivity contribution in [1.29, 1.82) is 0 Å². The van der Waals surface area contributed by atoms with Crippen LogP contribution in [-0.2, 0) is 14.3 Å². The number of hydrogen-bond donors (Lipinski definition) is 3. The first kappa shape index (κ1) is 14.8. The van der Waals surface area contributed by atoms with Crippen molar-refractivity contribution in [2.24, 2.45) is 0 Å². The minimum atomic E-state index is -0.129. The molecular formula is C13H17N3O3S. The Hall–Kier alpha value is -1.57. The van der Waals surface area contributed by atoms with Gasteiger partial charge in [-0.1, -0.05) is 0 Å². The lowest BCUT2D eigenvalue weighted by Crippen LogP contribution is -2.30. The number of methoxy groups -OCH3 is 1. The van der Waals surface area contributed by atoms with Crippen molar-refractivity contribution in [3.8, 4) is 0 Å². The van der Waals surface area contributed by atoms with Crippen molar-refractivity contribution >= 4 is 35.0 Å². The van der Waals surface area contributed by atoms with Crippen LogP contribution in [0.15, 0.2) is 23.1 Å². The fourth-order valence-electron chi connectivity index (χ4n) is 1.74. The van der Waals surface area contributed by atoms with Crippen LogP contribution in [0.1, 0.15) is 0 Å². The van der Waals surface area contributed by atoms with E-state index in [1.54, 1.807) is 13.2 Å². The van der Waals surface area contributed by atoms with Crippen molar-refractivity contribution in [2.45, 2.75) is 4.90 Å². The third-order valence-corrected chi connectivity index (χ3v) is 3.74. The van der Waals surface area contributed by atoms with E-state index in [4.69, 9.17) is 4.74 Å². The Morgan fingerprint density at radius 1 is 1.50 bits per heavy atom. The summed E-state index contributed by atoms with van der Waals surface area (Å²) in [6.45, 7) is 1.41. The molecule has 1 aromatic rings. The first-order chi connectivity index (χ1) is 9.69. The molecule has 0 spiro atoms. The standard InChI is InChI=1S/C13H17N3O3S/c1-19-5-4-14-7-12(17)15-9-2-3-11-10(6-9)16-13(18)8-20-11/h2-3,6,14H,4-5,7-8H2,1H3,(H,15,17)(H,16,18). The zero-order chi connectivity index (χ0) is 14.4. The number of thioether (sulfide) groups is 1. The van der Waals surface area contributed by atoms with E-state index in [1.807, 2.05) is 12.1 Å². The third kappa shape index (κ3) is 4.22. The molecule has 2 amide bonds. The van der Waals surface area contributed by atoms with Crippen LogP contribution in [0, 0.1) is 0 Å². The largest absolute Gasteiger partial charge is 0.383 e. The summed E-state index contributed by atoms with van der Waals surface area (Å²) in [6, 6.07) is 5.50. The second-order valence-electron chi connectivity index (χ2n) is 4.27. The first-order valence-electron chi connectivity index (χ1n) is 6.25. The Kier molecular flexibility index (Phi) is 5.40. The van der Waals surface area contributed by atoms with Crippen molar-refractivity contribution in [1.82, 2.24) is 5.32 Å². The number of anilines is 2. The Morgan fingerprint density at radius 3 is 3.15 bits per heavy atom. The summed E-state index contributed by atoms with van der Waals surface area (Å²) in [4.78, 5) is 24.0. The maximum Gasteiger partial charge on any atom is 0.238 e. The molecule has 108 valence electrons. The summed E-state index contributed by atoms with van der Waals surface area (Å²) in [6.07, 6.45) is 0. The second kappa shape index (κ2) is 7.28. The van der Waals surface area contributed by atoms with E-state index < -0.39 is 0 Å². The summed E-state index contributed by atoms with van der Waals surface area (Å²) >= 11 is 1.49. The van der Waals surface area contributed by atoms with Crippen molar-refractivity contribution in [2.75, 3.05) is 43.2 Å². The number of fused-ring (bicyclic) bond motifs is 1. The molecule has 0 fully saturated rings. The lowest BCUT2D eigenvalue weighted by molar-refractivity contribution is -0.115. The van der Waals surface area contributed by atoms with E-state index in [1.165, 1.54) is 11.8 Å². The summed E-state index contributed by atoms with van der Waals surface area (Å²) in [5, 5.41) is 8.54. The fourth-order valence-corrected chi connectivity index (χ4v) is 2.53. The number of amides is 2. The highest BCUT2D eigenvalue weighted by atomic mass is 32.2. The van der Waals surface area contributed by atoms with Gasteiger partial charge in [0, 0.05) is 24.2 Å². The summed E-state index contributed by atoms with van der Waals surface area (Å²) in [7, 11) is 1.61. The van der Waals surface area contributed by atoms with Gasteiger partial charge in [-0.25, -0.2) is 0 Å². The lowest BCUT2D eigenvalue weighted by atomic mass is 10.2. The molecule has 0 aliphatic carbocycles. The van der Waals surface area contributed by atoms with E-state index in [0.29, 0.717) is 24.6 Å². The van der Waals surface area contributed by atoms with Gasteiger partial charge in [0.05, 0.1) is 24.6 Å². The molecule has 0 saturated heterocycles. The van der Waals surface area contributed by atoms with Gasteiger partial charge in [0.15, 0.2) is 0 Å². The quantitative estimate of drug-likeness (QED) is 0.680. The predicted molar refractivity (Wildman–Crippen MR) is 79.2 cm³/mol. The maximum absolute atomic E-state index is 11.7. The van der Waals surface area contributed by atoms with E-state index in [2.05, 4.69) is 16.0 Å². The van der Waals surface area contributed by atoms with Crippen molar-refractivity contribution < 1.29 is 14.3 Å². The van der Waals surface area contributed by atoms with Gasteiger partial charge in [0.2, 0.25) is 11.8 Å². The van der Waals surface area contributed by atoms with Gasteiger partial charge in [0.1, 0.15) is 0 Å². The van der Waals surface area contributed by atoms with Crippen LogP contribution in [0.25, 0.3) is 0 Å². The zero-order valence-electron chi connectivity index (χ0n) is 11.2. The van der Waals surface area contributed by atoms with Crippen LogP contribution < -0.4 is 16.0 Å². The highest BCUT2D eigenvalue weighted by molar-refractivity contribution is 8.00. The van der Waals surface area contributed by atoms with Crippen LogP contribution >= 0.6 is 11.8 Å². The zero-order valence-corrected chi connectivity index (χ0v) is 12.0. The Bertz CT molecular complexity index is 508. The second-order valence-corrected chi connectivity index (χ2v) is 5.28. The fraction of sp³-hybridized carbons (Fsp3) is 0.385. The number of nitrogens with one attached hydrogen (secondary N) is 3. The molecule has 3 N–H and O–H groups in total. The van der Waals surface area contributed by atoms with Gasteiger partial charge in [-0.2, -0.15) is 0 Å². The maximum atomic E-state index is 11.7. The molecular weight excluding hydrogens is 278 g/mol. The predicted octanol–water partition coefficient (Wildman–Crippen LogP) is 0.905. The van der Waals surface area contributed by atoms with Gasteiger partial charge >= 0.3 is 0 Å². The highest BCUT2D eigenvalue weighted by Crippen LogP contribution is 2.33. The van der Waals surface area contributed by atoms with Gasteiger partial charge in [0.25, 0.3) is 0 Å². The average Bonchev–Trinajstić information content (AvgIpc) is 2.43. The van der Waals surface area contributed by atoms with E-state index >= 15 is 0 Å². The molecule has 20 heavy (non-hydrogen) atoms. The molecule has 6 nitrogen and oxygen atoms in total. The number of rotatable bonds is 6. The van der Waals surface area contributed by atoms with Crippen LogP contribution in [0.4, 0.5) is 11.4 Å². The highest BCUT2D eigenvalue weighted by Gasteiger charge is 2.15. The first-order valence-corrected chi connectivity index (χ1v) is 7.24. The smallest absolute Gasteiger partial charge is 0.238 e. The lowest BCUT2D eigenvalue weighted by Gasteiger charge is -2.17. The average molecular weight is 295 g/mol. The van der Waals surface area contributed by atoms with Crippen LogP contribution in [-0.4, -0.2) is 44.4 Å². The molecule has 0 bridgehead atoms. The molecule has 0 atom stereocenters. The van der Waals surface area contributed by atoms with Gasteiger partial charge in [-0.05, 0) is 18.2 Å². The Balaban J connectivity index is 1.88. The molecule has 1 aromatic carbocycles. The summed E-state index contributed by atoms with van der Waals surface area (Å²) in [5.74, 6) is 0.283. The molecule has 1 aliphatic rings. The van der Waals surface area contributed by atoms with E-state index in [-0.39, 0.29) is 18.4 Å². The monoisotopic (exact) mass is 295 g/mol. The normalized spacial score (nSPS) is 13.6. The van der Waals surface area contributed by atoms with Gasteiger partial charge < -0.3 is 20.7 Å². The van der Waals surface area contributed by atoms with E-state index in [9.17, 15) is 9.59 Å². The van der Waals surface area contributed by atoms with Crippen molar-refractivity contribution in [3.63, 3.8) is 0 Å². The number of ether oxygens (including phenoxy) is 1. The molecule has 1 aliphatic heterocycles. The summed E-state index contributed by atoms with van der Waals surface area (Å²) in [5.41, 5.74) is 1.42. The molecule has 1 heterocycles. The summed E-state index contributed by atoms with van der Waals surface area (Å²) < 4.78 is 4.88. The minimum Gasteiger partial charge on any atom is -0.383 e. The van der Waals surface area contributed by atoms with Crippen molar-refractivity contribution in [3.05, 3.63) is 18.2 Å². The topological polar surface area (TPSA) is 79.5 Å². The van der Waals surface area contributed by atoms with Crippen LogP contribution in [0.5, 0.6) is 0 Å². The Morgan fingerprint density at radius 2 is 2.35 bits per heavy atom. The SMILES string of the molecule is COCCNCC(=O)Nc1ccc2c(c1)NC(=O)CS2. The molecule has 2 rings (SSSR count). The van der Waals surface area contributed by atoms with Gasteiger partial charge in [-0.15, -0.1) is 11.8 Å². The molecule has 0 unspecified atom stereocenters. The molecule has 7 heteroatoms. The Labute approximate surface area is 121 Å². The number of carbonyl (C=O) groups excluding carboxylic acids is 2. The number of benzene rings is 1. The van der Waals surface area contributed by atoms with Crippen LogP contribution in [0.3, 0.4) is 0 Å². The molecule has 0 aromatic heterocycles. The number of hydrogen-bond acceptors (Lipinski definition) is 5. The van der Waals surface area contributed by atoms with Crippen LogP contribution in [0.2, 0.25) is 0 Å². The van der Waals surface area contributed by atoms with Gasteiger partial charge in [-0.3, -0.25) is 9.59 Å².